The van der Waals surface area contributed by atoms with Gasteiger partial charge in [-0.15, -0.1) is 11.8 Å². The first-order chi connectivity index (χ1) is 13.8. The lowest BCUT2D eigenvalue weighted by Crippen LogP contribution is -2.48. The first-order valence-electron chi connectivity index (χ1n) is 9.50. The normalized spacial score (nSPS) is 16.2. The number of anilines is 1. The molecule has 0 aliphatic carbocycles. The molecule has 0 bridgehead atoms. The average molecular weight is 413 g/mol. The molecule has 146 valence electrons. The summed E-state index contributed by atoms with van der Waals surface area (Å²) < 4.78 is 4.51. The second-order valence-corrected chi connectivity index (χ2v) is 8.66. The minimum Gasteiger partial charge on any atom is -0.391 e. The monoisotopic (exact) mass is 412 g/mol. The lowest BCUT2D eigenvalue weighted by molar-refractivity contribution is 0.126. The predicted molar refractivity (Wildman–Crippen MR) is 117 cm³/mol. The van der Waals surface area contributed by atoms with E-state index in [1.807, 2.05) is 48.5 Å². The Hall–Kier alpha value is -1.93. The fraction of sp³-hybridized carbons (Fsp3) is 0.333. The second-order valence-electron chi connectivity index (χ2n) is 6.83. The summed E-state index contributed by atoms with van der Waals surface area (Å²) in [6.45, 7) is 4.43. The topological polar surface area (TPSA) is 52.5 Å². The SMILES string of the molecule is O[C@H](CSc1ccccc1)CN1CCN(c2nc(-c3ccccc3)ns2)CC1. The first-order valence-corrected chi connectivity index (χ1v) is 11.3. The summed E-state index contributed by atoms with van der Waals surface area (Å²) in [6, 6.07) is 20.4. The van der Waals surface area contributed by atoms with Crippen molar-refractivity contribution in [2.45, 2.75) is 11.0 Å². The summed E-state index contributed by atoms with van der Waals surface area (Å²) in [4.78, 5) is 10.6. The number of piperazine rings is 1. The van der Waals surface area contributed by atoms with Crippen LogP contribution in [-0.4, -0.2) is 63.9 Å². The van der Waals surface area contributed by atoms with Crippen LogP contribution in [0.2, 0.25) is 0 Å². The van der Waals surface area contributed by atoms with Gasteiger partial charge >= 0.3 is 0 Å². The molecule has 7 heteroatoms. The van der Waals surface area contributed by atoms with Crippen molar-refractivity contribution in [1.82, 2.24) is 14.3 Å². The molecule has 1 fully saturated rings. The van der Waals surface area contributed by atoms with Crippen molar-refractivity contribution in [3.05, 3.63) is 60.7 Å². The Labute approximate surface area is 174 Å². The molecule has 0 saturated carbocycles. The van der Waals surface area contributed by atoms with E-state index in [2.05, 4.69) is 26.3 Å². The molecule has 1 aromatic heterocycles. The third kappa shape index (κ3) is 5.11. The van der Waals surface area contributed by atoms with Gasteiger partial charge in [0.25, 0.3) is 0 Å². The molecule has 28 heavy (non-hydrogen) atoms. The minimum absolute atomic E-state index is 0.317. The van der Waals surface area contributed by atoms with E-state index in [9.17, 15) is 5.11 Å². The van der Waals surface area contributed by atoms with Crippen molar-refractivity contribution in [1.29, 1.82) is 0 Å². The number of nitrogens with zero attached hydrogens (tertiary/aromatic N) is 4. The molecular weight excluding hydrogens is 388 g/mol. The zero-order valence-electron chi connectivity index (χ0n) is 15.6. The number of hydrogen-bond acceptors (Lipinski definition) is 7. The van der Waals surface area contributed by atoms with E-state index in [1.165, 1.54) is 16.4 Å². The van der Waals surface area contributed by atoms with Crippen LogP contribution in [0.5, 0.6) is 0 Å². The van der Waals surface area contributed by atoms with Gasteiger partial charge in [-0.3, -0.25) is 4.90 Å². The molecule has 3 aromatic rings. The maximum Gasteiger partial charge on any atom is 0.205 e. The van der Waals surface area contributed by atoms with Crippen LogP contribution in [0.1, 0.15) is 0 Å². The summed E-state index contributed by atoms with van der Waals surface area (Å²) >= 11 is 3.18. The Morgan fingerprint density at radius 1 is 0.964 bits per heavy atom. The number of thioether (sulfide) groups is 1. The fourth-order valence-corrected chi connectivity index (χ4v) is 4.81. The van der Waals surface area contributed by atoms with Crippen molar-refractivity contribution in [3.8, 4) is 11.4 Å². The maximum atomic E-state index is 10.4. The Bertz CT molecular complexity index is 851. The molecule has 4 rings (SSSR count). The van der Waals surface area contributed by atoms with Crippen LogP contribution in [0.15, 0.2) is 65.6 Å². The van der Waals surface area contributed by atoms with Crippen LogP contribution in [0, 0.1) is 0 Å². The molecule has 2 aromatic carbocycles. The zero-order valence-corrected chi connectivity index (χ0v) is 17.3. The highest BCUT2D eigenvalue weighted by molar-refractivity contribution is 7.99. The molecule has 1 aliphatic heterocycles. The first kappa shape index (κ1) is 19.4. The number of aliphatic hydroxyl groups excluding tert-OH is 1. The van der Waals surface area contributed by atoms with Crippen molar-refractivity contribution in [2.24, 2.45) is 0 Å². The maximum absolute atomic E-state index is 10.4. The van der Waals surface area contributed by atoms with Gasteiger partial charge in [0.05, 0.1) is 6.10 Å². The second kappa shape index (κ2) is 9.52. The van der Waals surface area contributed by atoms with Gasteiger partial charge in [-0.2, -0.15) is 9.36 Å². The van der Waals surface area contributed by atoms with Crippen molar-refractivity contribution in [2.75, 3.05) is 43.4 Å². The number of β-amino-alcohol motifs (C(OH)–C–C–N with tert-alkyl or cyclic N) is 1. The average Bonchev–Trinajstić information content (AvgIpc) is 3.25. The van der Waals surface area contributed by atoms with Gasteiger partial charge < -0.3 is 10.0 Å². The van der Waals surface area contributed by atoms with Crippen LogP contribution < -0.4 is 4.90 Å². The molecule has 1 atom stereocenters. The number of benzene rings is 2. The molecule has 1 N–H and O–H groups in total. The third-order valence-electron chi connectivity index (χ3n) is 4.74. The molecule has 0 unspecified atom stereocenters. The summed E-state index contributed by atoms with van der Waals surface area (Å²) in [5, 5.41) is 11.4. The van der Waals surface area contributed by atoms with E-state index < -0.39 is 0 Å². The van der Waals surface area contributed by atoms with Crippen molar-refractivity contribution < 1.29 is 5.11 Å². The largest absolute Gasteiger partial charge is 0.391 e. The number of aliphatic hydroxyl groups is 1. The van der Waals surface area contributed by atoms with E-state index >= 15 is 0 Å². The quantitative estimate of drug-likeness (QED) is 0.600. The van der Waals surface area contributed by atoms with Gasteiger partial charge in [0.1, 0.15) is 0 Å². The molecule has 0 radical (unpaired) electrons. The van der Waals surface area contributed by atoms with E-state index in [0.717, 1.165) is 55.0 Å². The van der Waals surface area contributed by atoms with Crippen LogP contribution in [0.25, 0.3) is 11.4 Å². The summed E-state index contributed by atoms with van der Waals surface area (Å²) in [7, 11) is 0. The van der Waals surface area contributed by atoms with E-state index in [-0.39, 0.29) is 6.10 Å². The van der Waals surface area contributed by atoms with Crippen LogP contribution in [0.4, 0.5) is 5.13 Å². The molecule has 0 spiro atoms. The Balaban J connectivity index is 1.24. The van der Waals surface area contributed by atoms with E-state index in [1.54, 1.807) is 11.8 Å². The van der Waals surface area contributed by atoms with Gasteiger partial charge in [0, 0.05) is 60.5 Å². The highest BCUT2D eigenvalue weighted by Gasteiger charge is 2.22. The highest BCUT2D eigenvalue weighted by atomic mass is 32.2. The predicted octanol–water partition coefficient (Wildman–Crippen LogP) is 3.48. The third-order valence-corrected chi connectivity index (χ3v) is 6.68. The van der Waals surface area contributed by atoms with E-state index in [0.29, 0.717) is 0 Å². The zero-order chi connectivity index (χ0) is 19.2. The van der Waals surface area contributed by atoms with Gasteiger partial charge in [-0.1, -0.05) is 48.5 Å². The Kier molecular flexibility index (Phi) is 6.59. The van der Waals surface area contributed by atoms with Crippen molar-refractivity contribution >= 4 is 28.4 Å². The molecular formula is C21H24N4OS2. The lowest BCUT2D eigenvalue weighted by Gasteiger charge is -2.35. The van der Waals surface area contributed by atoms with E-state index in [4.69, 9.17) is 4.98 Å². The van der Waals surface area contributed by atoms with Crippen LogP contribution in [-0.2, 0) is 0 Å². The fourth-order valence-electron chi connectivity index (χ4n) is 3.23. The summed E-state index contributed by atoms with van der Waals surface area (Å²) in [5.41, 5.74) is 1.06. The van der Waals surface area contributed by atoms with Gasteiger partial charge in [-0.05, 0) is 12.1 Å². The van der Waals surface area contributed by atoms with Gasteiger partial charge in [-0.25, -0.2) is 0 Å². The highest BCUT2D eigenvalue weighted by Crippen LogP contribution is 2.25. The number of rotatable bonds is 7. The molecule has 1 aliphatic rings. The summed E-state index contributed by atoms with van der Waals surface area (Å²) in [5.74, 6) is 1.53. The Morgan fingerprint density at radius 2 is 1.64 bits per heavy atom. The van der Waals surface area contributed by atoms with Crippen molar-refractivity contribution in [3.63, 3.8) is 0 Å². The number of hydrogen-bond donors (Lipinski definition) is 1. The van der Waals surface area contributed by atoms with Crippen LogP contribution >= 0.6 is 23.3 Å². The minimum atomic E-state index is -0.317. The molecule has 0 amide bonds. The lowest BCUT2D eigenvalue weighted by atomic mass is 10.2. The van der Waals surface area contributed by atoms with Crippen LogP contribution in [0.3, 0.4) is 0 Å². The molecule has 2 heterocycles. The van der Waals surface area contributed by atoms with Gasteiger partial charge in [0.15, 0.2) is 5.82 Å². The molecule has 5 nitrogen and oxygen atoms in total. The van der Waals surface area contributed by atoms with Gasteiger partial charge in [0.2, 0.25) is 5.13 Å². The smallest absolute Gasteiger partial charge is 0.205 e. The Morgan fingerprint density at radius 3 is 2.36 bits per heavy atom. The number of aromatic nitrogens is 2. The standard InChI is InChI=1S/C21H24N4OS2/c26-18(16-27-19-9-5-2-6-10-19)15-24-11-13-25(14-12-24)21-22-20(23-28-21)17-7-3-1-4-8-17/h1-10,18,26H,11-16H2/t18-/m0/s1. The summed E-state index contributed by atoms with van der Waals surface area (Å²) in [6.07, 6.45) is -0.317. The molecule has 1 saturated heterocycles.